The molecule has 0 amide bonds. The Balaban J connectivity index is 2.31. The summed E-state index contributed by atoms with van der Waals surface area (Å²) in [4.78, 5) is 2.34. The predicted octanol–water partition coefficient (Wildman–Crippen LogP) is 3.40. The summed E-state index contributed by atoms with van der Waals surface area (Å²) >= 11 is 0. The van der Waals surface area contributed by atoms with Crippen LogP contribution in [0.4, 0.5) is 0 Å². The minimum atomic E-state index is 0.531. The first kappa shape index (κ1) is 12.0. The Hall–Kier alpha value is -0.0400. The van der Waals surface area contributed by atoms with Crippen molar-refractivity contribution in [2.75, 3.05) is 20.6 Å². The minimum absolute atomic E-state index is 0.531. The standard InChI is InChI=1S/C13H27N/c1-13(2,3)12-8-6-11(7-9-12)10-14(4)5/h11-12H,6-10H2,1-5H3. The van der Waals surface area contributed by atoms with E-state index in [0.29, 0.717) is 5.41 Å². The molecule has 0 bridgehead atoms. The lowest BCUT2D eigenvalue weighted by atomic mass is 9.70. The van der Waals surface area contributed by atoms with Crippen molar-refractivity contribution in [1.29, 1.82) is 0 Å². The Morgan fingerprint density at radius 1 is 1.00 bits per heavy atom. The molecular weight excluding hydrogens is 170 g/mol. The predicted molar refractivity (Wildman–Crippen MR) is 63.5 cm³/mol. The molecule has 14 heavy (non-hydrogen) atoms. The molecule has 0 spiro atoms. The van der Waals surface area contributed by atoms with Crippen LogP contribution in [-0.4, -0.2) is 25.5 Å². The van der Waals surface area contributed by atoms with E-state index in [0.717, 1.165) is 11.8 Å². The number of nitrogens with zero attached hydrogens (tertiary/aromatic N) is 1. The van der Waals surface area contributed by atoms with E-state index in [4.69, 9.17) is 0 Å². The van der Waals surface area contributed by atoms with Gasteiger partial charge >= 0.3 is 0 Å². The highest BCUT2D eigenvalue weighted by atomic mass is 15.1. The third-order valence-electron chi connectivity index (χ3n) is 3.69. The van der Waals surface area contributed by atoms with Crippen molar-refractivity contribution in [2.45, 2.75) is 46.5 Å². The fourth-order valence-corrected chi connectivity index (χ4v) is 2.73. The fraction of sp³-hybridized carbons (Fsp3) is 1.00. The van der Waals surface area contributed by atoms with E-state index in [1.165, 1.54) is 32.2 Å². The monoisotopic (exact) mass is 197 g/mol. The van der Waals surface area contributed by atoms with Gasteiger partial charge in [0, 0.05) is 6.54 Å². The lowest BCUT2D eigenvalue weighted by Crippen LogP contribution is -2.30. The molecule has 84 valence electrons. The van der Waals surface area contributed by atoms with Gasteiger partial charge < -0.3 is 4.90 Å². The molecule has 0 aromatic rings. The summed E-state index contributed by atoms with van der Waals surface area (Å²) in [6.07, 6.45) is 5.78. The van der Waals surface area contributed by atoms with Gasteiger partial charge in [-0.15, -0.1) is 0 Å². The van der Waals surface area contributed by atoms with Gasteiger partial charge in [0.15, 0.2) is 0 Å². The van der Waals surface area contributed by atoms with Crippen LogP contribution in [0, 0.1) is 17.3 Å². The van der Waals surface area contributed by atoms with E-state index in [-0.39, 0.29) is 0 Å². The molecule has 0 radical (unpaired) electrons. The van der Waals surface area contributed by atoms with E-state index in [1.807, 2.05) is 0 Å². The van der Waals surface area contributed by atoms with E-state index in [9.17, 15) is 0 Å². The van der Waals surface area contributed by atoms with Crippen LogP contribution in [0.3, 0.4) is 0 Å². The summed E-state index contributed by atoms with van der Waals surface area (Å²) in [5.41, 5.74) is 0.531. The van der Waals surface area contributed by atoms with Crippen molar-refractivity contribution in [1.82, 2.24) is 4.90 Å². The van der Waals surface area contributed by atoms with Gasteiger partial charge in [0.2, 0.25) is 0 Å². The van der Waals surface area contributed by atoms with Crippen LogP contribution in [-0.2, 0) is 0 Å². The largest absolute Gasteiger partial charge is 0.309 e. The highest BCUT2D eigenvalue weighted by Crippen LogP contribution is 2.39. The molecule has 1 heteroatoms. The van der Waals surface area contributed by atoms with Gasteiger partial charge in [-0.3, -0.25) is 0 Å². The summed E-state index contributed by atoms with van der Waals surface area (Å²) in [5.74, 6) is 1.92. The number of rotatable bonds is 2. The van der Waals surface area contributed by atoms with Gasteiger partial charge in [-0.1, -0.05) is 20.8 Å². The quantitative estimate of drug-likeness (QED) is 0.656. The van der Waals surface area contributed by atoms with Gasteiger partial charge in [-0.05, 0) is 57.0 Å². The highest BCUT2D eigenvalue weighted by Gasteiger charge is 2.29. The maximum atomic E-state index is 2.39. The van der Waals surface area contributed by atoms with Gasteiger partial charge in [0.05, 0.1) is 0 Å². The molecule has 0 aliphatic heterocycles. The summed E-state index contributed by atoms with van der Waals surface area (Å²) in [6.45, 7) is 8.47. The van der Waals surface area contributed by atoms with Crippen LogP contribution in [0.15, 0.2) is 0 Å². The van der Waals surface area contributed by atoms with Crippen LogP contribution in [0.25, 0.3) is 0 Å². The second-order valence-electron chi connectivity index (χ2n) is 6.35. The van der Waals surface area contributed by atoms with Crippen LogP contribution < -0.4 is 0 Å². The van der Waals surface area contributed by atoms with E-state index in [2.05, 4.69) is 39.8 Å². The summed E-state index contributed by atoms with van der Waals surface area (Å²) in [5, 5.41) is 0. The number of hydrogen-bond donors (Lipinski definition) is 0. The normalized spacial score (nSPS) is 29.6. The minimum Gasteiger partial charge on any atom is -0.309 e. The second kappa shape index (κ2) is 4.65. The lowest BCUT2D eigenvalue weighted by Gasteiger charge is -2.37. The molecule has 0 N–H and O–H groups in total. The molecule has 0 heterocycles. The van der Waals surface area contributed by atoms with Gasteiger partial charge in [-0.25, -0.2) is 0 Å². The van der Waals surface area contributed by atoms with E-state index in [1.54, 1.807) is 0 Å². The zero-order chi connectivity index (χ0) is 10.8. The molecule has 1 rings (SSSR count). The molecule has 1 fully saturated rings. The molecule has 0 atom stereocenters. The Morgan fingerprint density at radius 3 is 1.86 bits per heavy atom. The van der Waals surface area contributed by atoms with Crippen molar-refractivity contribution in [3.05, 3.63) is 0 Å². The van der Waals surface area contributed by atoms with Crippen molar-refractivity contribution in [2.24, 2.45) is 17.3 Å². The number of hydrogen-bond acceptors (Lipinski definition) is 1. The average Bonchev–Trinajstić information content (AvgIpc) is 2.02. The second-order valence-corrected chi connectivity index (χ2v) is 6.35. The maximum absolute atomic E-state index is 2.39. The van der Waals surface area contributed by atoms with Crippen molar-refractivity contribution in [3.63, 3.8) is 0 Å². The SMILES string of the molecule is CN(C)CC1CCC(C(C)(C)C)CC1. The third-order valence-corrected chi connectivity index (χ3v) is 3.69. The van der Waals surface area contributed by atoms with Crippen molar-refractivity contribution >= 4 is 0 Å². The Labute approximate surface area is 89.9 Å². The Kier molecular flexibility index (Phi) is 4.00. The van der Waals surface area contributed by atoms with Crippen LogP contribution >= 0.6 is 0 Å². The molecule has 0 aromatic carbocycles. The average molecular weight is 197 g/mol. The lowest BCUT2D eigenvalue weighted by molar-refractivity contribution is 0.136. The van der Waals surface area contributed by atoms with Crippen molar-refractivity contribution in [3.8, 4) is 0 Å². The van der Waals surface area contributed by atoms with Crippen LogP contribution in [0.5, 0.6) is 0 Å². The molecule has 0 saturated heterocycles. The van der Waals surface area contributed by atoms with E-state index < -0.39 is 0 Å². The summed E-state index contributed by atoms with van der Waals surface area (Å²) in [7, 11) is 4.38. The first-order chi connectivity index (χ1) is 6.39. The molecule has 1 aliphatic carbocycles. The van der Waals surface area contributed by atoms with Crippen LogP contribution in [0.2, 0.25) is 0 Å². The first-order valence-electron chi connectivity index (χ1n) is 6.04. The first-order valence-corrected chi connectivity index (χ1v) is 6.04. The topological polar surface area (TPSA) is 3.24 Å². The zero-order valence-electron chi connectivity index (χ0n) is 10.6. The van der Waals surface area contributed by atoms with Crippen LogP contribution in [0.1, 0.15) is 46.5 Å². The molecule has 0 unspecified atom stereocenters. The molecule has 1 aliphatic rings. The molecule has 1 nitrogen and oxygen atoms in total. The Morgan fingerprint density at radius 2 is 1.50 bits per heavy atom. The van der Waals surface area contributed by atoms with Gasteiger partial charge in [0.1, 0.15) is 0 Å². The van der Waals surface area contributed by atoms with E-state index >= 15 is 0 Å². The highest BCUT2D eigenvalue weighted by molar-refractivity contribution is 4.81. The van der Waals surface area contributed by atoms with Gasteiger partial charge in [0.25, 0.3) is 0 Å². The molecule has 0 aromatic heterocycles. The summed E-state index contributed by atoms with van der Waals surface area (Å²) in [6, 6.07) is 0. The van der Waals surface area contributed by atoms with Gasteiger partial charge in [-0.2, -0.15) is 0 Å². The molecule has 1 saturated carbocycles. The molecular formula is C13H27N. The van der Waals surface area contributed by atoms with Crippen molar-refractivity contribution < 1.29 is 0 Å². The third kappa shape index (κ3) is 3.61. The Bertz CT molecular complexity index is 159. The summed E-state index contributed by atoms with van der Waals surface area (Å²) < 4.78 is 0. The maximum Gasteiger partial charge on any atom is 0.000356 e. The smallest absolute Gasteiger partial charge is 0.000356 e. The zero-order valence-corrected chi connectivity index (χ0v) is 10.6. The fourth-order valence-electron chi connectivity index (χ4n) is 2.73.